The first-order chi connectivity index (χ1) is 14.1. The molecule has 0 saturated carbocycles. The topological polar surface area (TPSA) is 89.0 Å². The van der Waals surface area contributed by atoms with Gasteiger partial charge in [-0.15, -0.1) is 24.0 Å². The van der Waals surface area contributed by atoms with Crippen molar-refractivity contribution in [1.82, 2.24) is 10.6 Å². The maximum Gasteiger partial charge on any atom is 0.231 e. The van der Waals surface area contributed by atoms with Gasteiger partial charge in [0.2, 0.25) is 6.79 Å². The van der Waals surface area contributed by atoms with Crippen molar-refractivity contribution in [2.45, 2.75) is 24.7 Å². The number of nitrogens with one attached hydrogen (secondary N) is 2. The van der Waals surface area contributed by atoms with E-state index in [0.717, 1.165) is 30.0 Å². The van der Waals surface area contributed by atoms with E-state index >= 15 is 0 Å². The second-order valence-corrected chi connectivity index (χ2v) is 8.72. The first-order valence-corrected chi connectivity index (χ1v) is 11.4. The lowest BCUT2D eigenvalue weighted by Gasteiger charge is -2.11. The molecule has 0 radical (unpaired) electrons. The Hall–Kier alpha value is -2.01. The van der Waals surface area contributed by atoms with Gasteiger partial charge in [-0.3, -0.25) is 4.99 Å². The van der Waals surface area contributed by atoms with Crippen LogP contribution in [0.5, 0.6) is 11.5 Å². The van der Waals surface area contributed by atoms with Crippen molar-refractivity contribution in [3.05, 3.63) is 54.1 Å². The average molecular weight is 545 g/mol. The van der Waals surface area contributed by atoms with Crippen LogP contribution in [0.3, 0.4) is 0 Å². The third-order valence-electron chi connectivity index (χ3n) is 4.43. The Kier molecular flexibility index (Phi) is 9.70. The van der Waals surface area contributed by atoms with E-state index in [4.69, 9.17) is 9.47 Å². The smallest absolute Gasteiger partial charge is 0.231 e. The van der Waals surface area contributed by atoms with Crippen molar-refractivity contribution in [1.29, 1.82) is 0 Å². The van der Waals surface area contributed by atoms with E-state index in [1.54, 1.807) is 30.3 Å². The summed E-state index contributed by atoms with van der Waals surface area (Å²) in [7, 11) is -3.26. The monoisotopic (exact) mass is 545 g/mol. The number of nitrogens with zero attached hydrogens (tertiary/aromatic N) is 1. The van der Waals surface area contributed by atoms with Crippen molar-refractivity contribution in [2.24, 2.45) is 4.99 Å². The molecular weight excluding hydrogens is 517 g/mol. The highest BCUT2D eigenvalue weighted by molar-refractivity contribution is 14.0. The van der Waals surface area contributed by atoms with Crippen LogP contribution >= 0.6 is 24.0 Å². The van der Waals surface area contributed by atoms with Gasteiger partial charge in [0.15, 0.2) is 27.3 Å². The SMILES string of the molecule is CCNC(=NCCCS(=O)(=O)c1ccccc1)NCCc1ccc2c(c1)OCO2.I. The first-order valence-electron chi connectivity index (χ1n) is 9.77. The second-order valence-electron chi connectivity index (χ2n) is 6.61. The highest BCUT2D eigenvalue weighted by Crippen LogP contribution is 2.32. The quantitative estimate of drug-likeness (QED) is 0.218. The van der Waals surface area contributed by atoms with Crippen molar-refractivity contribution in [2.75, 3.05) is 32.2 Å². The average Bonchev–Trinajstić information content (AvgIpc) is 3.20. The molecule has 164 valence electrons. The van der Waals surface area contributed by atoms with E-state index in [9.17, 15) is 8.42 Å². The molecule has 2 aromatic rings. The van der Waals surface area contributed by atoms with E-state index in [0.29, 0.717) is 30.4 Å². The molecule has 1 aliphatic heterocycles. The van der Waals surface area contributed by atoms with Crippen molar-refractivity contribution >= 4 is 39.8 Å². The summed E-state index contributed by atoms with van der Waals surface area (Å²) in [6.07, 6.45) is 1.28. The van der Waals surface area contributed by atoms with Gasteiger partial charge in [-0.25, -0.2) is 8.42 Å². The van der Waals surface area contributed by atoms with E-state index in [2.05, 4.69) is 15.6 Å². The summed E-state index contributed by atoms with van der Waals surface area (Å²) in [5.41, 5.74) is 1.14. The van der Waals surface area contributed by atoms with E-state index in [-0.39, 0.29) is 36.5 Å². The Morgan fingerprint density at radius 2 is 1.83 bits per heavy atom. The molecule has 1 aliphatic rings. The molecule has 7 nitrogen and oxygen atoms in total. The molecule has 3 rings (SSSR count). The molecule has 0 amide bonds. The van der Waals surface area contributed by atoms with Crippen LogP contribution < -0.4 is 20.1 Å². The van der Waals surface area contributed by atoms with E-state index in [1.807, 2.05) is 25.1 Å². The zero-order valence-electron chi connectivity index (χ0n) is 17.0. The van der Waals surface area contributed by atoms with Crippen LogP contribution in [0.25, 0.3) is 0 Å². The van der Waals surface area contributed by atoms with Crippen molar-refractivity contribution in [3.63, 3.8) is 0 Å². The number of fused-ring (bicyclic) bond motifs is 1. The van der Waals surface area contributed by atoms with Crippen LogP contribution in [-0.4, -0.2) is 46.6 Å². The van der Waals surface area contributed by atoms with E-state index in [1.165, 1.54) is 0 Å². The number of guanidine groups is 1. The maximum atomic E-state index is 12.3. The highest BCUT2D eigenvalue weighted by Gasteiger charge is 2.14. The lowest BCUT2D eigenvalue weighted by Crippen LogP contribution is -2.38. The molecule has 0 spiro atoms. The number of rotatable bonds is 9. The summed E-state index contributed by atoms with van der Waals surface area (Å²) in [5.74, 6) is 2.33. The minimum Gasteiger partial charge on any atom is -0.454 e. The van der Waals surface area contributed by atoms with Crippen LogP contribution in [0.15, 0.2) is 58.4 Å². The molecular formula is C21H28IN3O4S. The second kappa shape index (κ2) is 12.0. The first kappa shape index (κ1) is 24.3. The van der Waals surface area contributed by atoms with Crippen LogP contribution in [0.1, 0.15) is 18.9 Å². The summed E-state index contributed by atoms with van der Waals surface area (Å²) in [4.78, 5) is 4.84. The normalized spacial score (nSPS) is 12.9. The van der Waals surface area contributed by atoms with Gasteiger partial charge >= 0.3 is 0 Å². The molecule has 1 heterocycles. The van der Waals surface area contributed by atoms with Crippen molar-refractivity contribution in [3.8, 4) is 11.5 Å². The molecule has 0 saturated heterocycles. The molecule has 0 aromatic heterocycles. The highest BCUT2D eigenvalue weighted by atomic mass is 127. The van der Waals surface area contributed by atoms with Gasteiger partial charge in [0.25, 0.3) is 0 Å². The van der Waals surface area contributed by atoms with Crippen LogP contribution in [0, 0.1) is 0 Å². The van der Waals surface area contributed by atoms with Gasteiger partial charge in [-0.2, -0.15) is 0 Å². The van der Waals surface area contributed by atoms with Crippen molar-refractivity contribution < 1.29 is 17.9 Å². The Morgan fingerprint density at radius 3 is 2.60 bits per heavy atom. The molecule has 0 atom stereocenters. The summed E-state index contributed by atoms with van der Waals surface area (Å²) in [5, 5.41) is 6.47. The largest absolute Gasteiger partial charge is 0.454 e. The predicted molar refractivity (Wildman–Crippen MR) is 129 cm³/mol. The van der Waals surface area contributed by atoms with Gasteiger partial charge in [0, 0.05) is 19.6 Å². The summed E-state index contributed by atoms with van der Waals surface area (Å²) >= 11 is 0. The van der Waals surface area contributed by atoms with Gasteiger partial charge in [-0.05, 0) is 49.6 Å². The minimum absolute atomic E-state index is 0. The maximum absolute atomic E-state index is 12.3. The fourth-order valence-electron chi connectivity index (χ4n) is 2.95. The number of aliphatic imine (C=N–C) groups is 1. The lowest BCUT2D eigenvalue weighted by atomic mass is 10.1. The van der Waals surface area contributed by atoms with Crippen LogP contribution in [0.2, 0.25) is 0 Å². The lowest BCUT2D eigenvalue weighted by molar-refractivity contribution is 0.174. The fraction of sp³-hybridized carbons (Fsp3) is 0.381. The Bertz CT molecular complexity index is 937. The number of hydrogen-bond acceptors (Lipinski definition) is 5. The summed E-state index contributed by atoms with van der Waals surface area (Å²) in [6, 6.07) is 14.5. The third-order valence-corrected chi connectivity index (χ3v) is 6.25. The molecule has 2 aromatic carbocycles. The minimum atomic E-state index is -3.26. The zero-order chi connectivity index (χ0) is 20.5. The molecule has 0 fully saturated rings. The number of benzene rings is 2. The van der Waals surface area contributed by atoms with Gasteiger partial charge in [-0.1, -0.05) is 24.3 Å². The molecule has 0 bridgehead atoms. The Labute approximate surface area is 195 Å². The molecule has 0 aliphatic carbocycles. The van der Waals surface area contributed by atoms with Gasteiger partial charge in [0.1, 0.15) is 0 Å². The number of ether oxygens (including phenoxy) is 2. The summed E-state index contributed by atoms with van der Waals surface area (Å²) < 4.78 is 35.4. The zero-order valence-corrected chi connectivity index (χ0v) is 20.1. The molecule has 2 N–H and O–H groups in total. The Morgan fingerprint density at radius 1 is 1.07 bits per heavy atom. The predicted octanol–water partition coefficient (Wildman–Crippen LogP) is 2.99. The molecule has 9 heteroatoms. The molecule has 30 heavy (non-hydrogen) atoms. The van der Waals surface area contributed by atoms with Crippen LogP contribution in [-0.2, 0) is 16.3 Å². The number of hydrogen-bond donors (Lipinski definition) is 2. The van der Waals surface area contributed by atoms with Gasteiger partial charge in [0.05, 0.1) is 10.6 Å². The fourth-order valence-corrected chi connectivity index (χ4v) is 4.27. The standard InChI is InChI=1S/C21H27N3O4S.HI/c1-2-22-21(23-12-6-14-29(25,26)18-7-4-3-5-8-18)24-13-11-17-9-10-19-20(15-17)28-16-27-19;/h3-5,7-10,15H,2,6,11-14,16H2,1H3,(H2,22,23,24);1H. The van der Waals surface area contributed by atoms with E-state index < -0.39 is 9.84 Å². The third kappa shape index (κ3) is 7.05. The summed E-state index contributed by atoms with van der Waals surface area (Å²) in [6.45, 7) is 4.14. The number of halogens is 1. The Balaban J connectivity index is 0.00000320. The number of sulfone groups is 1. The van der Waals surface area contributed by atoms with Crippen LogP contribution in [0.4, 0.5) is 0 Å². The molecule has 0 unspecified atom stereocenters. The van der Waals surface area contributed by atoms with Gasteiger partial charge < -0.3 is 20.1 Å².